The third-order valence-electron chi connectivity index (χ3n) is 5.55. The van der Waals surface area contributed by atoms with Crippen molar-refractivity contribution in [2.45, 2.75) is 50.5 Å². The Bertz CT molecular complexity index is 472. The lowest BCUT2D eigenvalue weighted by atomic mass is 9.49. The van der Waals surface area contributed by atoms with Gasteiger partial charge in [0.25, 0.3) is 0 Å². The lowest BCUT2D eigenvalue weighted by molar-refractivity contribution is -0.0103. The molecule has 0 unspecified atom stereocenters. The monoisotopic (exact) mass is 273 g/mol. The Morgan fingerprint density at radius 2 is 1.85 bits per heavy atom. The van der Waals surface area contributed by atoms with Crippen molar-refractivity contribution in [3.05, 3.63) is 24.4 Å². The highest BCUT2D eigenvalue weighted by Gasteiger charge is 2.53. The molecule has 1 aromatic rings. The van der Waals surface area contributed by atoms with Crippen LogP contribution in [0.2, 0.25) is 0 Å². The molecule has 4 saturated carbocycles. The van der Waals surface area contributed by atoms with E-state index in [4.69, 9.17) is 9.51 Å². The first-order valence-corrected chi connectivity index (χ1v) is 7.92. The molecule has 0 spiro atoms. The van der Waals surface area contributed by atoms with Gasteiger partial charge in [-0.15, -0.1) is 6.58 Å². The van der Waals surface area contributed by atoms with Gasteiger partial charge in [0.1, 0.15) is 0 Å². The number of nitrogens with zero attached hydrogens (tertiary/aromatic N) is 2. The normalized spacial score (nSPS) is 38.3. The van der Waals surface area contributed by atoms with Crippen LogP contribution in [0.1, 0.15) is 50.2 Å². The van der Waals surface area contributed by atoms with E-state index < -0.39 is 0 Å². The zero-order chi connectivity index (χ0) is 13.6. The maximum atomic E-state index is 5.44. The maximum absolute atomic E-state index is 5.44. The SMILES string of the molecule is C=CCNCc1nc(C23CC4CC(CC(C4)C2)C3)no1. The molecule has 4 heteroatoms. The molecule has 0 saturated heterocycles. The van der Waals surface area contributed by atoms with Crippen molar-refractivity contribution in [3.63, 3.8) is 0 Å². The molecule has 1 N–H and O–H groups in total. The van der Waals surface area contributed by atoms with Gasteiger partial charge in [0.2, 0.25) is 5.89 Å². The minimum Gasteiger partial charge on any atom is -0.338 e. The van der Waals surface area contributed by atoms with E-state index in [9.17, 15) is 0 Å². The summed E-state index contributed by atoms with van der Waals surface area (Å²) in [5.74, 6) is 4.47. The summed E-state index contributed by atoms with van der Waals surface area (Å²) in [5, 5.41) is 7.56. The van der Waals surface area contributed by atoms with Gasteiger partial charge in [-0.05, 0) is 56.3 Å². The van der Waals surface area contributed by atoms with E-state index in [1.54, 1.807) is 0 Å². The van der Waals surface area contributed by atoms with Gasteiger partial charge in [-0.25, -0.2) is 0 Å². The van der Waals surface area contributed by atoms with Crippen LogP contribution in [0.15, 0.2) is 17.2 Å². The minimum atomic E-state index is 0.245. The van der Waals surface area contributed by atoms with Crippen LogP contribution >= 0.6 is 0 Å². The van der Waals surface area contributed by atoms with E-state index in [2.05, 4.69) is 17.1 Å². The molecule has 0 atom stereocenters. The lowest BCUT2D eigenvalue weighted by Crippen LogP contribution is -2.49. The third-order valence-corrected chi connectivity index (χ3v) is 5.55. The van der Waals surface area contributed by atoms with Gasteiger partial charge in [0.05, 0.1) is 6.54 Å². The Balaban J connectivity index is 1.53. The highest BCUT2D eigenvalue weighted by atomic mass is 16.5. The lowest BCUT2D eigenvalue weighted by Gasteiger charge is -2.55. The summed E-state index contributed by atoms with van der Waals surface area (Å²) in [4.78, 5) is 4.70. The summed E-state index contributed by atoms with van der Waals surface area (Å²) in [6, 6.07) is 0. The van der Waals surface area contributed by atoms with Crippen LogP contribution in [0.25, 0.3) is 0 Å². The second-order valence-corrected chi connectivity index (χ2v) is 7.13. The van der Waals surface area contributed by atoms with Gasteiger partial charge >= 0.3 is 0 Å². The van der Waals surface area contributed by atoms with E-state index >= 15 is 0 Å². The average molecular weight is 273 g/mol. The van der Waals surface area contributed by atoms with Gasteiger partial charge in [0, 0.05) is 12.0 Å². The number of aromatic nitrogens is 2. The Morgan fingerprint density at radius 1 is 1.20 bits per heavy atom. The van der Waals surface area contributed by atoms with Crippen molar-refractivity contribution in [2.24, 2.45) is 17.8 Å². The highest BCUT2D eigenvalue weighted by Crippen LogP contribution is 2.60. The summed E-state index contributed by atoms with van der Waals surface area (Å²) in [5.41, 5.74) is 0.245. The number of hydrogen-bond acceptors (Lipinski definition) is 4. The molecule has 4 aliphatic rings. The molecule has 0 amide bonds. The molecule has 5 rings (SSSR count). The van der Waals surface area contributed by atoms with E-state index in [0.717, 1.165) is 36.0 Å². The van der Waals surface area contributed by atoms with Gasteiger partial charge in [-0.2, -0.15) is 4.98 Å². The zero-order valence-corrected chi connectivity index (χ0v) is 12.0. The summed E-state index contributed by atoms with van der Waals surface area (Å²) in [6.07, 6.45) is 10.1. The van der Waals surface area contributed by atoms with Crippen LogP contribution in [0, 0.1) is 17.8 Å². The predicted octanol–water partition coefficient (Wildman–Crippen LogP) is 2.81. The molecule has 0 radical (unpaired) electrons. The molecule has 4 nitrogen and oxygen atoms in total. The number of rotatable bonds is 5. The van der Waals surface area contributed by atoms with Crippen molar-refractivity contribution < 1.29 is 4.52 Å². The standard InChI is InChI=1S/C16H23N3O/c1-2-3-17-10-14-18-15(19-20-14)16-7-11-4-12(8-16)6-13(5-11)9-16/h2,11-13,17H,1,3-10H2. The van der Waals surface area contributed by atoms with Crippen LogP contribution in [0.3, 0.4) is 0 Å². The Kier molecular flexibility index (Phi) is 2.95. The minimum absolute atomic E-state index is 0.245. The number of hydrogen-bond donors (Lipinski definition) is 1. The molecule has 0 aromatic carbocycles. The van der Waals surface area contributed by atoms with Crippen molar-refractivity contribution in [2.75, 3.05) is 6.54 Å². The third kappa shape index (κ3) is 2.01. The second kappa shape index (κ2) is 4.69. The van der Waals surface area contributed by atoms with Gasteiger partial charge < -0.3 is 9.84 Å². The van der Waals surface area contributed by atoms with Gasteiger partial charge in [0.15, 0.2) is 5.82 Å². The van der Waals surface area contributed by atoms with Crippen molar-refractivity contribution >= 4 is 0 Å². The van der Waals surface area contributed by atoms with Crippen molar-refractivity contribution in [1.29, 1.82) is 0 Å². The molecule has 1 aromatic heterocycles. The molecule has 20 heavy (non-hydrogen) atoms. The zero-order valence-electron chi connectivity index (χ0n) is 12.0. The second-order valence-electron chi connectivity index (χ2n) is 7.13. The molecule has 4 fully saturated rings. The summed E-state index contributed by atoms with van der Waals surface area (Å²) in [6.45, 7) is 5.11. The van der Waals surface area contributed by atoms with Gasteiger partial charge in [-0.1, -0.05) is 11.2 Å². The molecular weight excluding hydrogens is 250 g/mol. The van der Waals surface area contributed by atoms with Crippen LogP contribution < -0.4 is 5.32 Å². The largest absolute Gasteiger partial charge is 0.338 e. The number of nitrogens with one attached hydrogen (secondary N) is 1. The summed E-state index contributed by atoms with van der Waals surface area (Å²) >= 11 is 0. The first-order chi connectivity index (χ1) is 9.77. The summed E-state index contributed by atoms with van der Waals surface area (Å²) in [7, 11) is 0. The van der Waals surface area contributed by atoms with E-state index in [0.29, 0.717) is 6.54 Å². The smallest absolute Gasteiger partial charge is 0.240 e. The predicted molar refractivity (Wildman–Crippen MR) is 76.1 cm³/mol. The maximum Gasteiger partial charge on any atom is 0.240 e. The molecule has 108 valence electrons. The fourth-order valence-corrected chi connectivity index (χ4v) is 5.21. The van der Waals surface area contributed by atoms with E-state index in [1.807, 2.05) is 6.08 Å². The molecule has 4 bridgehead atoms. The first-order valence-electron chi connectivity index (χ1n) is 7.92. The van der Waals surface area contributed by atoms with Crippen LogP contribution in [0.5, 0.6) is 0 Å². The highest BCUT2D eigenvalue weighted by molar-refractivity contribution is 5.16. The summed E-state index contributed by atoms with van der Waals surface area (Å²) < 4.78 is 5.44. The van der Waals surface area contributed by atoms with Crippen LogP contribution in [-0.4, -0.2) is 16.7 Å². The topological polar surface area (TPSA) is 51.0 Å². The molecular formula is C16H23N3O. The van der Waals surface area contributed by atoms with Crippen molar-refractivity contribution in [1.82, 2.24) is 15.5 Å². The van der Waals surface area contributed by atoms with E-state index in [-0.39, 0.29) is 5.41 Å². The van der Waals surface area contributed by atoms with Gasteiger partial charge in [-0.3, -0.25) is 0 Å². The molecule has 4 aliphatic carbocycles. The fourth-order valence-electron chi connectivity index (χ4n) is 5.21. The Hall–Kier alpha value is -1.16. The molecule has 1 heterocycles. The van der Waals surface area contributed by atoms with E-state index in [1.165, 1.54) is 38.5 Å². The van der Waals surface area contributed by atoms with Crippen LogP contribution in [0.4, 0.5) is 0 Å². The quantitative estimate of drug-likeness (QED) is 0.662. The fraction of sp³-hybridized carbons (Fsp3) is 0.750. The Labute approximate surface area is 120 Å². The van der Waals surface area contributed by atoms with Crippen molar-refractivity contribution in [3.8, 4) is 0 Å². The average Bonchev–Trinajstić information content (AvgIpc) is 2.87. The Morgan fingerprint density at radius 3 is 2.45 bits per heavy atom. The molecule has 0 aliphatic heterocycles. The first kappa shape index (κ1) is 12.6. The van der Waals surface area contributed by atoms with Crippen LogP contribution in [-0.2, 0) is 12.0 Å².